The second-order valence-electron chi connectivity index (χ2n) is 7.29. The Kier molecular flexibility index (Phi) is 4.10. The molecule has 2 aromatic heterocycles. The molecule has 1 aromatic carbocycles. The third kappa shape index (κ3) is 3.31. The van der Waals surface area contributed by atoms with Crippen LogP contribution in [0.3, 0.4) is 0 Å². The quantitative estimate of drug-likeness (QED) is 0.754. The Bertz CT molecular complexity index is 1010. The number of fused-ring (bicyclic) bond motifs is 1. The normalized spacial score (nSPS) is 18.0. The lowest BCUT2D eigenvalue weighted by molar-refractivity contribution is -0.124. The molecule has 0 radical (unpaired) electrons. The first kappa shape index (κ1) is 16.7. The SMILES string of the molecule is O=C1CN(Cc2c(-c3ccc(Cl)cc3)nc3cnc(C4CC4)cn23)CCN1. The standard InChI is InChI=1S/C20H20ClN5O/c21-15-5-3-14(4-6-15)20-17(11-25-8-7-22-19(27)12-25)26-10-16(13-1-2-13)23-9-18(26)24-20/h3-6,9-10,13H,1-2,7-8,11-12H2,(H,22,27). The fourth-order valence-corrected chi connectivity index (χ4v) is 3.76. The molecule has 5 rings (SSSR count). The van der Waals surface area contributed by atoms with Gasteiger partial charge in [-0.15, -0.1) is 0 Å². The second-order valence-corrected chi connectivity index (χ2v) is 7.73. The van der Waals surface area contributed by atoms with E-state index in [1.54, 1.807) is 0 Å². The summed E-state index contributed by atoms with van der Waals surface area (Å²) in [6.45, 7) is 2.59. The van der Waals surface area contributed by atoms with Crippen LogP contribution in [0, 0.1) is 0 Å². The fraction of sp³-hybridized carbons (Fsp3) is 0.350. The van der Waals surface area contributed by atoms with Crippen LogP contribution in [0.5, 0.6) is 0 Å². The summed E-state index contributed by atoms with van der Waals surface area (Å²) in [5.74, 6) is 0.646. The van der Waals surface area contributed by atoms with Gasteiger partial charge in [-0.3, -0.25) is 19.1 Å². The van der Waals surface area contributed by atoms with Crippen molar-refractivity contribution in [1.82, 2.24) is 24.6 Å². The topological polar surface area (TPSA) is 62.5 Å². The smallest absolute Gasteiger partial charge is 0.234 e. The van der Waals surface area contributed by atoms with Crippen molar-refractivity contribution in [3.8, 4) is 11.3 Å². The summed E-state index contributed by atoms with van der Waals surface area (Å²) in [6, 6.07) is 7.75. The van der Waals surface area contributed by atoms with E-state index in [4.69, 9.17) is 16.6 Å². The van der Waals surface area contributed by atoms with E-state index in [1.807, 2.05) is 30.5 Å². The maximum atomic E-state index is 11.8. The molecule has 138 valence electrons. The lowest BCUT2D eigenvalue weighted by Crippen LogP contribution is -2.47. The molecule has 0 unspecified atom stereocenters. The molecule has 0 spiro atoms. The van der Waals surface area contributed by atoms with Gasteiger partial charge < -0.3 is 5.32 Å². The van der Waals surface area contributed by atoms with Crippen LogP contribution in [-0.2, 0) is 11.3 Å². The van der Waals surface area contributed by atoms with Gasteiger partial charge in [-0.2, -0.15) is 0 Å². The summed E-state index contributed by atoms with van der Waals surface area (Å²) in [4.78, 5) is 23.4. The highest BCUT2D eigenvalue weighted by molar-refractivity contribution is 6.30. The summed E-state index contributed by atoms with van der Waals surface area (Å²) in [5, 5.41) is 3.59. The van der Waals surface area contributed by atoms with E-state index in [9.17, 15) is 4.79 Å². The van der Waals surface area contributed by atoms with Gasteiger partial charge in [-0.1, -0.05) is 23.7 Å². The zero-order chi connectivity index (χ0) is 18.4. The Morgan fingerprint density at radius 3 is 2.78 bits per heavy atom. The van der Waals surface area contributed by atoms with Crippen LogP contribution in [0.1, 0.15) is 30.1 Å². The maximum Gasteiger partial charge on any atom is 0.234 e. The maximum absolute atomic E-state index is 11.8. The molecule has 1 saturated carbocycles. The van der Waals surface area contributed by atoms with Gasteiger partial charge in [-0.05, 0) is 25.0 Å². The number of hydrogen-bond acceptors (Lipinski definition) is 4. The van der Waals surface area contributed by atoms with Gasteiger partial charge in [0.1, 0.15) is 0 Å². The number of carbonyl (C=O) groups excluding carboxylic acids is 1. The molecule has 1 N–H and O–H groups in total. The van der Waals surface area contributed by atoms with Crippen molar-refractivity contribution in [2.45, 2.75) is 25.3 Å². The fourth-order valence-electron chi connectivity index (χ4n) is 3.64. The van der Waals surface area contributed by atoms with Crippen LogP contribution in [0.4, 0.5) is 0 Å². The molecule has 0 atom stereocenters. The summed E-state index contributed by atoms with van der Waals surface area (Å²) >= 11 is 6.06. The highest BCUT2D eigenvalue weighted by atomic mass is 35.5. The van der Waals surface area contributed by atoms with E-state index in [2.05, 4.69) is 25.8 Å². The van der Waals surface area contributed by atoms with Crippen LogP contribution in [0.15, 0.2) is 36.7 Å². The zero-order valence-corrected chi connectivity index (χ0v) is 15.6. The number of hydrogen-bond donors (Lipinski definition) is 1. The second kappa shape index (κ2) is 6.62. The first-order chi connectivity index (χ1) is 13.2. The molecule has 1 amide bonds. The van der Waals surface area contributed by atoms with Gasteiger partial charge in [0.2, 0.25) is 5.91 Å². The number of halogens is 1. The van der Waals surface area contributed by atoms with Gasteiger partial charge in [0.15, 0.2) is 5.65 Å². The van der Waals surface area contributed by atoms with Crippen LogP contribution in [0.25, 0.3) is 16.9 Å². The predicted octanol–water partition coefficient (Wildman–Crippen LogP) is 2.86. The number of imidazole rings is 1. The Balaban J connectivity index is 1.61. The lowest BCUT2D eigenvalue weighted by Gasteiger charge is -2.26. The monoisotopic (exact) mass is 381 g/mol. The van der Waals surface area contributed by atoms with Gasteiger partial charge in [0, 0.05) is 42.3 Å². The number of benzene rings is 1. The van der Waals surface area contributed by atoms with Crippen LogP contribution in [0.2, 0.25) is 5.02 Å². The number of piperazine rings is 1. The van der Waals surface area contributed by atoms with Gasteiger partial charge >= 0.3 is 0 Å². The molecular formula is C20H20ClN5O. The summed E-state index contributed by atoms with van der Waals surface area (Å²) in [5.41, 5.74) is 4.99. The Labute approximate surface area is 162 Å². The molecule has 2 fully saturated rings. The lowest BCUT2D eigenvalue weighted by atomic mass is 10.1. The number of aromatic nitrogens is 3. The van der Waals surface area contributed by atoms with E-state index < -0.39 is 0 Å². The van der Waals surface area contributed by atoms with Crippen molar-refractivity contribution in [3.63, 3.8) is 0 Å². The third-order valence-electron chi connectivity index (χ3n) is 5.23. The van der Waals surface area contributed by atoms with E-state index in [0.29, 0.717) is 30.6 Å². The minimum atomic E-state index is 0.0726. The number of rotatable bonds is 4. The average Bonchev–Trinajstić information content (AvgIpc) is 3.46. The van der Waals surface area contributed by atoms with Gasteiger partial charge in [-0.25, -0.2) is 4.98 Å². The van der Waals surface area contributed by atoms with Crippen molar-refractivity contribution < 1.29 is 4.79 Å². The largest absolute Gasteiger partial charge is 0.354 e. The highest BCUT2D eigenvalue weighted by Gasteiger charge is 2.27. The molecule has 2 aliphatic rings. The van der Waals surface area contributed by atoms with Crippen molar-refractivity contribution in [3.05, 3.63) is 53.1 Å². The minimum Gasteiger partial charge on any atom is -0.354 e. The molecule has 0 bridgehead atoms. The molecule has 6 nitrogen and oxygen atoms in total. The Morgan fingerprint density at radius 2 is 2.04 bits per heavy atom. The summed E-state index contributed by atoms with van der Waals surface area (Å²) < 4.78 is 2.15. The van der Waals surface area contributed by atoms with E-state index >= 15 is 0 Å². The van der Waals surface area contributed by atoms with Crippen molar-refractivity contribution in [2.75, 3.05) is 19.6 Å². The average molecular weight is 382 g/mol. The van der Waals surface area contributed by atoms with Crippen molar-refractivity contribution >= 4 is 23.2 Å². The van der Waals surface area contributed by atoms with Crippen molar-refractivity contribution in [1.29, 1.82) is 0 Å². The van der Waals surface area contributed by atoms with Crippen LogP contribution >= 0.6 is 11.6 Å². The Morgan fingerprint density at radius 1 is 1.22 bits per heavy atom. The Hall–Kier alpha value is -2.44. The first-order valence-corrected chi connectivity index (χ1v) is 9.67. The van der Waals surface area contributed by atoms with Crippen LogP contribution in [-0.4, -0.2) is 44.8 Å². The van der Waals surface area contributed by atoms with Gasteiger partial charge in [0.25, 0.3) is 0 Å². The zero-order valence-electron chi connectivity index (χ0n) is 14.9. The number of amides is 1. The molecule has 1 aliphatic carbocycles. The molecule has 3 aromatic rings. The minimum absolute atomic E-state index is 0.0726. The van der Waals surface area contributed by atoms with E-state index in [1.165, 1.54) is 12.8 Å². The number of nitrogens with zero attached hydrogens (tertiary/aromatic N) is 4. The predicted molar refractivity (Wildman–Crippen MR) is 104 cm³/mol. The molecule has 1 aliphatic heterocycles. The van der Waals surface area contributed by atoms with Gasteiger partial charge in [0.05, 0.1) is 29.8 Å². The summed E-state index contributed by atoms with van der Waals surface area (Å²) in [6.07, 6.45) is 6.40. The summed E-state index contributed by atoms with van der Waals surface area (Å²) in [7, 11) is 0. The third-order valence-corrected chi connectivity index (χ3v) is 5.48. The number of nitrogens with one attached hydrogen (secondary N) is 1. The molecule has 1 saturated heterocycles. The first-order valence-electron chi connectivity index (χ1n) is 9.29. The van der Waals surface area contributed by atoms with Crippen LogP contribution < -0.4 is 5.32 Å². The van der Waals surface area contributed by atoms with E-state index in [-0.39, 0.29) is 5.91 Å². The van der Waals surface area contributed by atoms with E-state index in [0.717, 1.165) is 34.8 Å². The molecule has 3 heterocycles. The molecule has 7 heteroatoms. The molecule has 27 heavy (non-hydrogen) atoms. The highest BCUT2D eigenvalue weighted by Crippen LogP contribution is 2.39. The molecular weight excluding hydrogens is 362 g/mol. The number of carbonyl (C=O) groups is 1. The van der Waals surface area contributed by atoms with Crippen molar-refractivity contribution in [2.24, 2.45) is 0 Å².